The lowest BCUT2D eigenvalue weighted by Gasteiger charge is -2.08. The number of benzene rings is 1. The van der Waals surface area contributed by atoms with Crippen LogP contribution in [0.1, 0.15) is 25.8 Å². The summed E-state index contributed by atoms with van der Waals surface area (Å²) in [5.74, 6) is 0. The lowest BCUT2D eigenvalue weighted by Crippen LogP contribution is -2.17. The maximum Gasteiger partial charge on any atom is 0.0595 e. The fraction of sp³-hybridized carbons (Fsp3) is 0.538. The Balaban J connectivity index is 2.16. The van der Waals surface area contributed by atoms with Crippen molar-refractivity contribution in [3.05, 3.63) is 33.8 Å². The summed E-state index contributed by atoms with van der Waals surface area (Å²) < 4.78 is 5.45. The van der Waals surface area contributed by atoms with E-state index in [1.54, 1.807) is 0 Å². The van der Waals surface area contributed by atoms with E-state index in [1.807, 2.05) is 32.0 Å². The number of nitrogens with one attached hydrogen (secondary N) is 1. The molecule has 0 aliphatic rings. The molecule has 0 radical (unpaired) electrons. The second-order valence-corrected chi connectivity index (χ2v) is 5.01. The minimum atomic E-state index is 0.310. The molecule has 96 valence electrons. The zero-order valence-corrected chi connectivity index (χ0v) is 11.8. The molecule has 0 saturated carbocycles. The molecule has 17 heavy (non-hydrogen) atoms. The van der Waals surface area contributed by atoms with Crippen molar-refractivity contribution in [2.45, 2.75) is 32.9 Å². The molecule has 0 aromatic heterocycles. The van der Waals surface area contributed by atoms with Crippen LogP contribution in [-0.2, 0) is 11.3 Å². The topological polar surface area (TPSA) is 21.3 Å². The molecule has 0 aliphatic heterocycles. The molecule has 1 aromatic rings. The Morgan fingerprint density at radius 2 is 2.00 bits per heavy atom. The van der Waals surface area contributed by atoms with Gasteiger partial charge in [0, 0.05) is 13.2 Å². The molecule has 0 spiro atoms. The quantitative estimate of drug-likeness (QED) is 0.763. The number of halogens is 2. The lowest BCUT2D eigenvalue weighted by atomic mass is 10.2. The van der Waals surface area contributed by atoms with Crippen LogP contribution in [0.25, 0.3) is 0 Å². The highest BCUT2D eigenvalue weighted by atomic mass is 35.5. The van der Waals surface area contributed by atoms with E-state index in [2.05, 4.69) is 5.32 Å². The Labute approximate surface area is 113 Å². The molecular weight excluding hydrogens is 257 g/mol. The third-order valence-electron chi connectivity index (χ3n) is 2.26. The SMILES string of the molecule is CC(C)OCCCNCc1ccc(Cl)c(Cl)c1. The van der Waals surface area contributed by atoms with Crippen molar-refractivity contribution in [3.63, 3.8) is 0 Å². The van der Waals surface area contributed by atoms with Gasteiger partial charge in [-0.25, -0.2) is 0 Å². The summed E-state index contributed by atoms with van der Waals surface area (Å²) in [6, 6.07) is 5.69. The van der Waals surface area contributed by atoms with Gasteiger partial charge in [0.25, 0.3) is 0 Å². The van der Waals surface area contributed by atoms with E-state index in [1.165, 1.54) is 0 Å². The zero-order valence-electron chi connectivity index (χ0n) is 10.3. The molecule has 0 heterocycles. The van der Waals surface area contributed by atoms with Crippen molar-refractivity contribution in [1.29, 1.82) is 0 Å². The largest absolute Gasteiger partial charge is 0.379 e. The van der Waals surface area contributed by atoms with Gasteiger partial charge in [-0.3, -0.25) is 0 Å². The van der Waals surface area contributed by atoms with Gasteiger partial charge in [0.15, 0.2) is 0 Å². The highest BCUT2D eigenvalue weighted by Crippen LogP contribution is 2.22. The van der Waals surface area contributed by atoms with Gasteiger partial charge in [0.05, 0.1) is 16.1 Å². The molecule has 0 unspecified atom stereocenters. The second-order valence-electron chi connectivity index (χ2n) is 4.20. The molecule has 0 saturated heterocycles. The minimum Gasteiger partial charge on any atom is -0.379 e. The average molecular weight is 276 g/mol. The number of hydrogen-bond donors (Lipinski definition) is 1. The molecule has 0 aliphatic carbocycles. The monoisotopic (exact) mass is 275 g/mol. The Kier molecular flexibility index (Phi) is 6.90. The predicted octanol–water partition coefficient (Wildman–Crippen LogP) is 3.90. The number of rotatable bonds is 7. The van der Waals surface area contributed by atoms with Crippen LogP contribution in [0.3, 0.4) is 0 Å². The lowest BCUT2D eigenvalue weighted by molar-refractivity contribution is 0.0770. The van der Waals surface area contributed by atoms with E-state index in [0.717, 1.165) is 31.7 Å². The Morgan fingerprint density at radius 1 is 1.24 bits per heavy atom. The van der Waals surface area contributed by atoms with Gasteiger partial charge < -0.3 is 10.1 Å². The van der Waals surface area contributed by atoms with Crippen LogP contribution in [-0.4, -0.2) is 19.3 Å². The van der Waals surface area contributed by atoms with Crippen molar-refractivity contribution in [2.75, 3.05) is 13.2 Å². The summed E-state index contributed by atoms with van der Waals surface area (Å²) in [7, 11) is 0. The van der Waals surface area contributed by atoms with Gasteiger partial charge in [0.2, 0.25) is 0 Å². The van der Waals surface area contributed by atoms with E-state index in [0.29, 0.717) is 16.1 Å². The first kappa shape index (κ1) is 14.8. The summed E-state index contributed by atoms with van der Waals surface area (Å²) in [5, 5.41) is 4.54. The average Bonchev–Trinajstić information content (AvgIpc) is 2.27. The zero-order chi connectivity index (χ0) is 12.7. The van der Waals surface area contributed by atoms with Crippen LogP contribution in [0.2, 0.25) is 10.0 Å². The van der Waals surface area contributed by atoms with Crippen LogP contribution >= 0.6 is 23.2 Å². The maximum atomic E-state index is 5.93. The highest BCUT2D eigenvalue weighted by molar-refractivity contribution is 6.42. The van der Waals surface area contributed by atoms with Gasteiger partial charge in [0.1, 0.15) is 0 Å². The van der Waals surface area contributed by atoms with Crippen LogP contribution in [0.5, 0.6) is 0 Å². The second kappa shape index (κ2) is 7.93. The summed E-state index contributed by atoms with van der Waals surface area (Å²) in [4.78, 5) is 0. The smallest absolute Gasteiger partial charge is 0.0595 e. The summed E-state index contributed by atoms with van der Waals surface area (Å²) >= 11 is 11.8. The third kappa shape index (κ3) is 6.27. The van der Waals surface area contributed by atoms with Gasteiger partial charge >= 0.3 is 0 Å². The molecule has 1 rings (SSSR count). The van der Waals surface area contributed by atoms with Crippen molar-refractivity contribution >= 4 is 23.2 Å². The first-order valence-electron chi connectivity index (χ1n) is 5.86. The van der Waals surface area contributed by atoms with E-state index in [-0.39, 0.29) is 0 Å². The van der Waals surface area contributed by atoms with Crippen LogP contribution in [0.4, 0.5) is 0 Å². The Hall–Kier alpha value is -0.280. The van der Waals surface area contributed by atoms with Gasteiger partial charge in [-0.1, -0.05) is 29.3 Å². The number of ether oxygens (including phenoxy) is 1. The summed E-state index contributed by atoms with van der Waals surface area (Å²) in [6.45, 7) is 6.63. The highest BCUT2D eigenvalue weighted by Gasteiger charge is 1.99. The molecule has 1 aromatic carbocycles. The fourth-order valence-electron chi connectivity index (χ4n) is 1.40. The summed E-state index contributed by atoms with van der Waals surface area (Å²) in [6.07, 6.45) is 1.32. The van der Waals surface area contributed by atoms with Crippen LogP contribution in [0.15, 0.2) is 18.2 Å². The van der Waals surface area contributed by atoms with Crippen LogP contribution < -0.4 is 5.32 Å². The van der Waals surface area contributed by atoms with Gasteiger partial charge in [-0.15, -0.1) is 0 Å². The first-order chi connectivity index (χ1) is 8.09. The van der Waals surface area contributed by atoms with Gasteiger partial charge in [-0.2, -0.15) is 0 Å². The molecule has 0 fully saturated rings. The van der Waals surface area contributed by atoms with Crippen molar-refractivity contribution in [1.82, 2.24) is 5.32 Å². The molecule has 0 amide bonds. The predicted molar refractivity (Wildman–Crippen MR) is 73.9 cm³/mol. The maximum absolute atomic E-state index is 5.93. The molecule has 1 N–H and O–H groups in total. The standard InChI is InChI=1S/C13H19Cl2NO/c1-10(2)17-7-3-6-16-9-11-4-5-12(14)13(15)8-11/h4-5,8,10,16H,3,6-7,9H2,1-2H3. The Bertz CT molecular complexity index is 342. The van der Waals surface area contributed by atoms with Crippen molar-refractivity contribution < 1.29 is 4.74 Å². The molecule has 0 bridgehead atoms. The van der Waals surface area contributed by atoms with Crippen LogP contribution in [0, 0.1) is 0 Å². The molecule has 4 heteroatoms. The summed E-state index contributed by atoms with van der Waals surface area (Å²) in [5.41, 5.74) is 1.14. The van der Waals surface area contributed by atoms with E-state index in [4.69, 9.17) is 27.9 Å². The van der Waals surface area contributed by atoms with Crippen molar-refractivity contribution in [2.24, 2.45) is 0 Å². The van der Waals surface area contributed by atoms with E-state index in [9.17, 15) is 0 Å². The number of hydrogen-bond acceptors (Lipinski definition) is 2. The Morgan fingerprint density at radius 3 is 2.65 bits per heavy atom. The first-order valence-corrected chi connectivity index (χ1v) is 6.61. The molecule has 0 atom stereocenters. The van der Waals surface area contributed by atoms with Crippen molar-refractivity contribution in [3.8, 4) is 0 Å². The van der Waals surface area contributed by atoms with E-state index < -0.39 is 0 Å². The van der Waals surface area contributed by atoms with E-state index >= 15 is 0 Å². The molecular formula is C13H19Cl2NO. The van der Waals surface area contributed by atoms with Gasteiger partial charge in [-0.05, 0) is 44.5 Å². The molecule has 2 nitrogen and oxygen atoms in total. The normalized spacial score (nSPS) is 11.1. The minimum absolute atomic E-state index is 0.310. The fourth-order valence-corrected chi connectivity index (χ4v) is 1.72. The third-order valence-corrected chi connectivity index (χ3v) is 3.00.